The fourth-order valence-electron chi connectivity index (χ4n) is 8.12. The van der Waals surface area contributed by atoms with E-state index in [0.29, 0.717) is 30.0 Å². The average Bonchev–Trinajstić information content (AvgIpc) is 3.40. The van der Waals surface area contributed by atoms with E-state index in [1.165, 1.54) is 56.1 Å². The van der Waals surface area contributed by atoms with Crippen molar-refractivity contribution in [3.05, 3.63) is 82.3 Å². The van der Waals surface area contributed by atoms with Crippen molar-refractivity contribution in [3.8, 4) is 0 Å². The number of hydrogen-bond donors (Lipinski definition) is 0. The van der Waals surface area contributed by atoms with Gasteiger partial charge < -0.3 is 14.2 Å². The molecule has 0 radical (unpaired) electrons. The van der Waals surface area contributed by atoms with Crippen LogP contribution in [0.3, 0.4) is 0 Å². The Morgan fingerprint density at radius 3 is 1.98 bits per heavy atom. The van der Waals surface area contributed by atoms with Crippen molar-refractivity contribution in [2.24, 2.45) is 11.8 Å². The largest absolute Gasteiger partial charge is 0.423 e. The second-order valence-corrected chi connectivity index (χ2v) is 13.7. The molecule has 4 unspecified atom stereocenters. The molecule has 2 fully saturated rings. The fraction of sp³-hybridized carbons (Fsp3) is 0.595. The topological polar surface area (TPSA) is 35.8 Å². The van der Waals surface area contributed by atoms with Crippen LogP contribution in [0.2, 0.25) is 5.02 Å². The van der Waals surface area contributed by atoms with Gasteiger partial charge in [0.15, 0.2) is 0 Å². The number of piperidine rings is 1. The lowest BCUT2D eigenvalue weighted by molar-refractivity contribution is 0.0737. The summed E-state index contributed by atoms with van der Waals surface area (Å²) in [6.45, 7) is 11.3. The summed E-state index contributed by atoms with van der Waals surface area (Å²) < 4.78 is 7.01. The zero-order chi connectivity index (χ0) is 30.5. The zero-order valence-electron chi connectivity index (χ0n) is 27.3. The van der Waals surface area contributed by atoms with E-state index in [1.54, 1.807) is 0 Å². The molecular weight excluding hydrogens is 552 g/mol. The molecule has 4 atom stereocenters. The SMILES string of the molecule is CCN(CC)C(c1nc(Cc2ccccc2)c(N2C(C)CCCC2C)o1)C1CCC(C(c2ccc(Cl)cc2)N(C)C)CC1. The molecule has 5 nitrogen and oxygen atoms in total. The van der Waals surface area contributed by atoms with E-state index in [9.17, 15) is 0 Å². The second kappa shape index (κ2) is 14.6. The summed E-state index contributed by atoms with van der Waals surface area (Å²) in [5.74, 6) is 3.09. The Hall–Kier alpha value is -2.34. The van der Waals surface area contributed by atoms with Gasteiger partial charge in [-0.2, -0.15) is 0 Å². The van der Waals surface area contributed by atoms with Gasteiger partial charge >= 0.3 is 0 Å². The third-order valence-electron chi connectivity index (χ3n) is 10.3. The molecule has 2 aliphatic rings. The van der Waals surface area contributed by atoms with Gasteiger partial charge in [0.1, 0.15) is 5.69 Å². The fourth-order valence-corrected chi connectivity index (χ4v) is 8.24. The molecule has 1 aliphatic heterocycles. The van der Waals surface area contributed by atoms with E-state index in [0.717, 1.165) is 42.0 Å². The van der Waals surface area contributed by atoms with Crippen LogP contribution in [0.15, 0.2) is 59.0 Å². The van der Waals surface area contributed by atoms with Gasteiger partial charge in [-0.05, 0) is 121 Å². The van der Waals surface area contributed by atoms with Crippen LogP contribution >= 0.6 is 11.6 Å². The maximum Gasteiger partial charge on any atom is 0.220 e. The molecule has 0 amide bonds. The molecule has 1 aliphatic carbocycles. The van der Waals surface area contributed by atoms with Crippen LogP contribution < -0.4 is 4.90 Å². The van der Waals surface area contributed by atoms with E-state index in [1.807, 2.05) is 12.1 Å². The van der Waals surface area contributed by atoms with Gasteiger partial charge in [0.05, 0.1) is 6.04 Å². The maximum atomic E-state index is 7.01. The number of aromatic nitrogens is 1. The molecule has 2 aromatic carbocycles. The molecule has 3 aromatic rings. The van der Waals surface area contributed by atoms with E-state index in [4.69, 9.17) is 21.0 Å². The summed E-state index contributed by atoms with van der Waals surface area (Å²) >= 11 is 6.24. The first-order chi connectivity index (χ1) is 20.8. The molecule has 2 heterocycles. The molecule has 1 aromatic heterocycles. The first kappa shape index (κ1) is 32.1. The zero-order valence-corrected chi connectivity index (χ0v) is 28.1. The van der Waals surface area contributed by atoms with Crippen LogP contribution in [-0.2, 0) is 6.42 Å². The van der Waals surface area contributed by atoms with Crippen LogP contribution in [-0.4, -0.2) is 54.1 Å². The van der Waals surface area contributed by atoms with Crippen molar-refractivity contribution in [3.63, 3.8) is 0 Å². The van der Waals surface area contributed by atoms with E-state index < -0.39 is 0 Å². The maximum absolute atomic E-state index is 7.01. The normalized spacial score (nSPS) is 24.4. The van der Waals surface area contributed by atoms with Crippen LogP contribution in [0, 0.1) is 11.8 Å². The average molecular weight is 605 g/mol. The summed E-state index contributed by atoms with van der Waals surface area (Å²) in [7, 11) is 4.43. The van der Waals surface area contributed by atoms with Gasteiger partial charge in [0, 0.05) is 29.6 Å². The second-order valence-electron chi connectivity index (χ2n) is 13.3. The summed E-state index contributed by atoms with van der Waals surface area (Å²) in [5.41, 5.74) is 3.76. The molecule has 5 rings (SSSR count). The number of rotatable bonds is 11. The molecule has 234 valence electrons. The molecule has 1 saturated heterocycles. The minimum atomic E-state index is 0.197. The molecule has 43 heavy (non-hydrogen) atoms. The predicted molar refractivity (Wildman–Crippen MR) is 180 cm³/mol. The van der Waals surface area contributed by atoms with Gasteiger partial charge in [0.25, 0.3) is 0 Å². The van der Waals surface area contributed by atoms with Crippen LogP contribution in [0.5, 0.6) is 0 Å². The molecule has 1 saturated carbocycles. The van der Waals surface area contributed by atoms with Crippen molar-refractivity contribution in [1.82, 2.24) is 14.8 Å². The smallest absolute Gasteiger partial charge is 0.220 e. The third-order valence-corrected chi connectivity index (χ3v) is 10.5. The molecule has 0 spiro atoms. The Morgan fingerprint density at radius 2 is 1.42 bits per heavy atom. The Labute approximate surface area is 265 Å². The minimum Gasteiger partial charge on any atom is -0.423 e. The van der Waals surface area contributed by atoms with Gasteiger partial charge in [-0.1, -0.05) is 67.9 Å². The number of nitrogens with zero attached hydrogens (tertiary/aromatic N) is 4. The van der Waals surface area contributed by atoms with Crippen molar-refractivity contribution in [2.75, 3.05) is 32.1 Å². The van der Waals surface area contributed by atoms with Crippen molar-refractivity contribution in [2.45, 2.75) is 103 Å². The minimum absolute atomic E-state index is 0.197. The number of benzene rings is 2. The molecule has 0 N–H and O–H groups in total. The van der Waals surface area contributed by atoms with Crippen LogP contribution in [0.25, 0.3) is 0 Å². The number of halogens is 1. The van der Waals surface area contributed by atoms with Gasteiger partial charge in [-0.25, -0.2) is 4.98 Å². The predicted octanol–water partition coefficient (Wildman–Crippen LogP) is 9.18. The summed E-state index contributed by atoms with van der Waals surface area (Å²) in [6.07, 6.45) is 9.28. The summed E-state index contributed by atoms with van der Waals surface area (Å²) in [5, 5.41) is 0.803. The Kier molecular flexibility index (Phi) is 10.9. The van der Waals surface area contributed by atoms with E-state index >= 15 is 0 Å². The van der Waals surface area contributed by atoms with Gasteiger partial charge in [-0.15, -0.1) is 0 Å². The monoisotopic (exact) mass is 604 g/mol. The highest BCUT2D eigenvalue weighted by molar-refractivity contribution is 6.30. The van der Waals surface area contributed by atoms with E-state index in [2.05, 4.69) is 99.0 Å². The highest BCUT2D eigenvalue weighted by Gasteiger charge is 2.39. The number of hydrogen-bond acceptors (Lipinski definition) is 5. The summed E-state index contributed by atoms with van der Waals surface area (Å²) in [4.78, 5) is 12.9. The number of anilines is 1. The number of oxazole rings is 1. The van der Waals surface area contributed by atoms with Gasteiger partial charge in [-0.3, -0.25) is 4.90 Å². The molecule has 0 bridgehead atoms. The third kappa shape index (κ3) is 7.32. The first-order valence-electron chi connectivity index (χ1n) is 16.8. The van der Waals surface area contributed by atoms with Crippen LogP contribution in [0.4, 0.5) is 5.88 Å². The van der Waals surface area contributed by atoms with Crippen LogP contribution in [0.1, 0.15) is 107 Å². The highest BCUT2D eigenvalue weighted by atomic mass is 35.5. The lowest BCUT2D eigenvalue weighted by Crippen LogP contribution is -2.44. The lowest BCUT2D eigenvalue weighted by atomic mass is 9.73. The lowest BCUT2D eigenvalue weighted by Gasteiger charge is -2.41. The van der Waals surface area contributed by atoms with Gasteiger partial charge in [0.2, 0.25) is 11.8 Å². The molecular formula is C37H53ClN4O. The first-order valence-corrected chi connectivity index (χ1v) is 17.2. The standard InChI is InChI=1S/C37H53ClN4O/c1-7-41(8-2)35(31-19-17-29(18-20-31)34(40(5)6)30-21-23-32(38)24-22-30)36-39-33(25-28-15-10-9-11-16-28)37(43-36)42-26(3)13-12-14-27(42)4/h9-11,15-16,21-24,26-27,29,31,34-35H,7-8,12-14,17-20,25H2,1-6H3. The van der Waals surface area contributed by atoms with Crippen molar-refractivity contribution in [1.29, 1.82) is 0 Å². The summed E-state index contributed by atoms with van der Waals surface area (Å²) in [6, 6.07) is 20.8. The van der Waals surface area contributed by atoms with Crippen molar-refractivity contribution >= 4 is 17.5 Å². The quantitative estimate of drug-likeness (QED) is 0.218. The van der Waals surface area contributed by atoms with Crippen molar-refractivity contribution < 1.29 is 4.42 Å². The Balaban J connectivity index is 1.44. The Morgan fingerprint density at radius 1 is 0.837 bits per heavy atom. The molecule has 6 heteroatoms. The Bertz CT molecular complexity index is 1250. The highest BCUT2D eigenvalue weighted by Crippen LogP contribution is 2.46. The van der Waals surface area contributed by atoms with E-state index in [-0.39, 0.29) is 6.04 Å².